The summed E-state index contributed by atoms with van der Waals surface area (Å²) < 4.78 is 10.9. The lowest BCUT2D eigenvalue weighted by Crippen LogP contribution is -2.59. The fourth-order valence-electron chi connectivity index (χ4n) is 8.97. The van der Waals surface area contributed by atoms with Gasteiger partial charge in [-0.3, -0.25) is 4.79 Å². The van der Waals surface area contributed by atoms with E-state index in [0.717, 1.165) is 44.9 Å². The smallest absolute Gasteiger partial charge is 0.356 e. The molecule has 1 aliphatic heterocycles. The van der Waals surface area contributed by atoms with Crippen molar-refractivity contribution in [2.24, 2.45) is 44.8 Å². The van der Waals surface area contributed by atoms with E-state index in [-0.39, 0.29) is 41.3 Å². The molecule has 0 unspecified atom stereocenters. The Labute approximate surface area is 224 Å². The number of oxime groups is 2. The summed E-state index contributed by atoms with van der Waals surface area (Å²) in [6.07, 6.45) is 8.60. The van der Waals surface area contributed by atoms with E-state index in [1.165, 1.54) is 19.4 Å². The Morgan fingerprint density at radius 3 is 2.55 bits per heavy atom. The van der Waals surface area contributed by atoms with Crippen molar-refractivity contribution in [1.29, 1.82) is 0 Å². The first-order chi connectivity index (χ1) is 18.0. The maximum atomic E-state index is 13.0. The van der Waals surface area contributed by atoms with Crippen molar-refractivity contribution in [3.05, 3.63) is 11.6 Å². The van der Waals surface area contributed by atoms with Gasteiger partial charge < -0.3 is 19.1 Å². The van der Waals surface area contributed by atoms with Crippen molar-refractivity contribution in [2.75, 3.05) is 6.61 Å². The Balaban J connectivity index is 1.50. The van der Waals surface area contributed by atoms with Crippen LogP contribution in [0.5, 0.6) is 0 Å². The Bertz CT molecular complexity index is 1130. The number of esters is 2. The van der Waals surface area contributed by atoms with E-state index in [1.807, 2.05) is 6.92 Å². The third kappa shape index (κ3) is 3.82. The van der Waals surface area contributed by atoms with Gasteiger partial charge in [0.15, 0.2) is 11.3 Å². The summed E-state index contributed by atoms with van der Waals surface area (Å²) >= 11 is 0. The van der Waals surface area contributed by atoms with Crippen molar-refractivity contribution in [2.45, 2.75) is 98.2 Å². The van der Waals surface area contributed by atoms with Gasteiger partial charge in [0.2, 0.25) is 0 Å². The maximum absolute atomic E-state index is 13.0. The van der Waals surface area contributed by atoms with Crippen molar-refractivity contribution >= 4 is 29.3 Å². The Hall–Kier alpha value is -2.71. The van der Waals surface area contributed by atoms with Gasteiger partial charge in [-0.1, -0.05) is 35.8 Å². The summed E-state index contributed by atoms with van der Waals surface area (Å²) in [6.45, 7) is 11.3. The number of rotatable bonds is 5. The summed E-state index contributed by atoms with van der Waals surface area (Å²) in [5.74, 6) is -0.351. The lowest BCUT2D eigenvalue weighted by atomic mass is 9.46. The standard InChI is InChI=1S/C29H40N2O7/c1-7-35-26(34)25-24-15-23-21-9-8-19-14-20(36-17(3)32)10-12-27(19,5)22(21)11-13-28(23,6)29(24,38-31-25)16(2)30-37-18(4)33/h8,20-24H,7,9-15H2,1-6H3/b30-16+/t20-,21-,22+,23+,24-,27-,28-,29+/m0/s1. The van der Waals surface area contributed by atoms with Crippen LogP contribution < -0.4 is 0 Å². The summed E-state index contributed by atoms with van der Waals surface area (Å²) in [5, 5.41) is 8.47. The van der Waals surface area contributed by atoms with Crippen LogP contribution in [-0.4, -0.2) is 47.6 Å². The van der Waals surface area contributed by atoms with Crippen molar-refractivity contribution in [1.82, 2.24) is 0 Å². The van der Waals surface area contributed by atoms with E-state index in [0.29, 0.717) is 23.3 Å². The van der Waals surface area contributed by atoms with E-state index in [4.69, 9.17) is 19.1 Å². The largest absolute Gasteiger partial charge is 0.462 e. The van der Waals surface area contributed by atoms with Gasteiger partial charge in [0, 0.05) is 25.7 Å². The Morgan fingerprint density at radius 1 is 1.11 bits per heavy atom. The molecule has 4 aliphatic carbocycles. The summed E-state index contributed by atoms with van der Waals surface area (Å²) in [7, 11) is 0. The van der Waals surface area contributed by atoms with Crippen LogP contribution >= 0.6 is 0 Å². The quantitative estimate of drug-likeness (QED) is 0.167. The first kappa shape index (κ1) is 26.9. The zero-order valence-corrected chi connectivity index (χ0v) is 23.4. The highest BCUT2D eigenvalue weighted by Crippen LogP contribution is 2.70. The molecular formula is C29H40N2O7. The van der Waals surface area contributed by atoms with E-state index >= 15 is 0 Å². The average Bonchev–Trinajstić information content (AvgIpc) is 3.36. The molecule has 0 spiro atoms. The molecule has 0 radical (unpaired) electrons. The first-order valence-electron chi connectivity index (χ1n) is 14.0. The minimum atomic E-state index is -0.974. The number of carbonyl (C=O) groups is 3. The molecule has 5 aliphatic rings. The molecule has 0 aromatic rings. The number of allylic oxidation sites excluding steroid dienone is 1. The fraction of sp³-hybridized carbons (Fsp3) is 0.759. The van der Waals surface area contributed by atoms with Crippen LogP contribution in [0.25, 0.3) is 0 Å². The Morgan fingerprint density at radius 2 is 1.87 bits per heavy atom. The van der Waals surface area contributed by atoms with Gasteiger partial charge in [-0.2, -0.15) is 0 Å². The monoisotopic (exact) mass is 528 g/mol. The number of fused-ring (bicyclic) bond motifs is 7. The van der Waals surface area contributed by atoms with Crippen LogP contribution in [0.4, 0.5) is 0 Å². The molecule has 38 heavy (non-hydrogen) atoms. The van der Waals surface area contributed by atoms with Crippen LogP contribution in [0.2, 0.25) is 0 Å². The van der Waals surface area contributed by atoms with Gasteiger partial charge in [0.25, 0.3) is 0 Å². The summed E-state index contributed by atoms with van der Waals surface area (Å²) in [5.41, 5.74) is 0.983. The third-order valence-corrected chi connectivity index (χ3v) is 10.6. The molecule has 1 heterocycles. The molecule has 0 N–H and O–H groups in total. The molecule has 9 heteroatoms. The predicted octanol–water partition coefficient (Wildman–Crippen LogP) is 4.73. The molecule has 0 saturated heterocycles. The highest BCUT2D eigenvalue weighted by molar-refractivity contribution is 6.38. The lowest BCUT2D eigenvalue weighted by Gasteiger charge is -2.58. The minimum absolute atomic E-state index is 0.0387. The van der Waals surface area contributed by atoms with E-state index in [9.17, 15) is 14.4 Å². The van der Waals surface area contributed by atoms with Gasteiger partial charge in [-0.05, 0) is 75.5 Å². The molecule has 8 atom stereocenters. The number of carbonyl (C=O) groups excluding carboxylic acids is 3. The van der Waals surface area contributed by atoms with Crippen LogP contribution in [0, 0.1) is 34.5 Å². The molecule has 0 aromatic carbocycles. The average molecular weight is 529 g/mol. The molecule has 208 valence electrons. The first-order valence-corrected chi connectivity index (χ1v) is 14.0. The van der Waals surface area contributed by atoms with E-state index < -0.39 is 17.5 Å². The second-order valence-corrected chi connectivity index (χ2v) is 12.3. The van der Waals surface area contributed by atoms with Crippen LogP contribution in [0.15, 0.2) is 22.0 Å². The normalized spacial score (nSPS) is 41.3. The molecule has 3 fully saturated rings. The number of hydrogen-bond acceptors (Lipinski definition) is 9. The van der Waals surface area contributed by atoms with Crippen LogP contribution in [-0.2, 0) is 33.5 Å². The lowest BCUT2D eigenvalue weighted by molar-refractivity contribution is -0.149. The van der Waals surface area contributed by atoms with Crippen LogP contribution in [0.3, 0.4) is 0 Å². The maximum Gasteiger partial charge on any atom is 0.356 e. The molecule has 3 saturated carbocycles. The second-order valence-electron chi connectivity index (χ2n) is 12.3. The molecule has 0 bridgehead atoms. The zero-order valence-electron chi connectivity index (χ0n) is 23.4. The summed E-state index contributed by atoms with van der Waals surface area (Å²) in [6, 6.07) is 0. The third-order valence-electron chi connectivity index (χ3n) is 10.6. The minimum Gasteiger partial charge on any atom is -0.462 e. The fourth-order valence-corrected chi connectivity index (χ4v) is 8.97. The van der Waals surface area contributed by atoms with Crippen molar-refractivity contribution < 1.29 is 33.5 Å². The predicted molar refractivity (Wildman–Crippen MR) is 139 cm³/mol. The Kier molecular flexibility index (Phi) is 6.71. The highest BCUT2D eigenvalue weighted by atomic mass is 16.7. The second kappa shape index (κ2) is 9.49. The van der Waals surface area contributed by atoms with Gasteiger partial charge >= 0.3 is 17.9 Å². The topological polar surface area (TPSA) is 113 Å². The summed E-state index contributed by atoms with van der Waals surface area (Å²) in [4.78, 5) is 47.5. The molecule has 5 rings (SSSR count). The molecule has 9 nitrogen and oxygen atoms in total. The van der Waals surface area contributed by atoms with Gasteiger partial charge in [0.1, 0.15) is 11.8 Å². The van der Waals surface area contributed by atoms with E-state index in [1.54, 1.807) is 6.92 Å². The van der Waals surface area contributed by atoms with Gasteiger partial charge in [-0.15, -0.1) is 0 Å². The SMILES string of the molecule is CCOC(=O)C1=NO[C@]2(/C(C)=N/OC(C)=O)[C@H]1C[C@@H]1[C@H]3CC=C4C[C@@H](OC(C)=O)CC[C@]4(C)[C@@H]3CC[C@@]12C. The number of ether oxygens (including phenoxy) is 2. The number of nitrogens with zero attached hydrogens (tertiary/aromatic N) is 2. The van der Waals surface area contributed by atoms with Crippen LogP contribution in [0.1, 0.15) is 86.5 Å². The van der Waals surface area contributed by atoms with Crippen molar-refractivity contribution in [3.63, 3.8) is 0 Å². The molecule has 0 aromatic heterocycles. The zero-order chi connectivity index (χ0) is 27.5. The molecule has 0 amide bonds. The molecular weight excluding hydrogens is 488 g/mol. The van der Waals surface area contributed by atoms with Gasteiger partial charge in [-0.25, -0.2) is 9.59 Å². The number of hydrogen-bond donors (Lipinski definition) is 0. The van der Waals surface area contributed by atoms with E-state index in [2.05, 4.69) is 30.2 Å². The highest BCUT2D eigenvalue weighted by Gasteiger charge is 2.74. The van der Waals surface area contributed by atoms with Gasteiger partial charge in [0.05, 0.1) is 12.5 Å². The van der Waals surface area contributed by atoms with Crippen molar-refractivity contribution in [3.8, 4) is 0 Å².